The zero-order valence-electron chi connectivity index (χ0n) is 20.2. The molecular formula is C27H40O3SSi. The van der Waals surface area contributed by atoms with E-state index in [4.69, 9.17) is 13.9 Å². The molecule has 1 aliphatic heterocycles. The molecule has 4 atom stereocenters. The van der Waals surface area contributed by atoms with Crippen LogP contribution in [0.25, 0.3) is 0 Å². The molecule has 1 unspecified atom stereocenters. The van der Waals surface area contributed by atoms with E-state index in [1.54, 1.807) is 0 Å². The Labute approximate surface area is 200 Å². The molecule has 0 saturated carbocycles. The molecule has 2 aromatic carbocycles. The average molecular weight is 473 g/mol. The van der Waals surface area contributed by atoms with E-state index in [0.717, 1.165) is 19.4 Å². The lowest BCUT2D eigenvalue weighted by molar-refractivity contribution is -0.131. The van der Waals surface area contributed by atoms with E-state index in [9.17, 15) is 0 Å². The van der Waals surface area contributed by atoms with Gasteiger partial charge < -0.3 is 13.9 Å². The predicted octanol–water partition coefficient (Wildman–Crippen LogP) is 7.53. The molecule has 32 heavy (non-hydrogen) atoms. The summed E-state index contributed by atoms with van der Waals surface area (Å²) in [4.78, 5) is 1.25. The highest BCUT2D eigenvalue weighted by atomic mass is 32.2. The fraction of sp³-hybridized carbons (Fsp3) is 0.556. The SMILES string of the molecule is CC[Si](CC)(CC)OCC[C@H]1OC(Sc2ccccc2)C[C@H](OCc2ccccc2)[C@H]1C. The summed E-state index contributed by atoms with van der Waals surface area (Å²) in [7, 11) is -1.57. The van der Waals surface area contributed by atoms with Gasteiger partial charge in [-0.2, -0.15) is 0 Å². The summed E-state index contributed by atoms with van der Waals surface area (Å²) in [5, 5.41) is 0. The van der Waals surface area contributed by atoms with Crippen molar-refractivity contribution >= 4 is 20.1 Å². The van der Waals surface area contributed by atoms with Crippen LogP contribution in [0.5, 0.6) is 0 Å². The third-order valence-electron chi connectivity index (χ3n) is 6.99. The van der Waals surface area contributed by atoms with Crippen LogP contribution in [0.15, 0.2) is 65.6 Å². The molecule has 0 radical (unpaired) electrons. The Morgan fingerprint density at radius 1 is 0.938 bits per heavy atom. The van der Waals surface area contributed by atoms with Gasteiger partial charge in [-0.15, -0.1) is 0 Å². The third-order valence-corrected chi connectivity index (χ3v) is 12.8. The first-order valence-corrected chi connectivity index (χ1v) is 15.7. The molecule has 0 aliphatic carbocycles. The lowest BCUT2D eigenvalue weighted by Gasteiger charge is -2.40. The number of thioether (sulfide) groups is 1. The number of rotatable bonds is 12. The van der Waals surface area contributed by atoms with Crippen molar-refractivity contribution in [2.24, 2.45) is 5.92 Å². The minimum Gasteiger partial charge on any atom is -0.417 e. The van der Waals surface area contributed by atoms with Gasteiger partial charge in [-0.25, -0.2) is 0 Å². The van der Waals surface area contributed by atoms with Crippen molar-refractivity contribution in [2.75, 3.05) is 6.61 Å². The lowest BCUT2D eigenvalue weighted by Crippen LogP contribution is -2.44. The van der Waals surface area contributed by atoms with Gasteiger partial charge in [0, 0.05) is 23.8 Å². The standard InChI is InChI=1S/C27H40O3SSi/c1-5-32(6-2,7-3)29-19-18-25-22(4)26(28-21-23-14-10-8-11-15-23)20-27(30-25)31-24-16-12-9-13-17-24/h8-17,22,25-27H,5-7,18-21H2,1-4H3/t22-,25+,26-,27?/m0/s1. The van der Waals surface area contributed by atoms with Crippen molar-refractivity contribution < 1.29 is 13.9 Å². The van der Waals surface area contributed by atoms with Crippen LogP contribution in [0.4, 0.5) is 0 Å². The summed E-state index contributed by atoms with van der Waals surface area (Å²) in [6.07, 6.45) is 2.18. The summed E-state index contributed by atoms with van der Waals surface area (Å²) in [5.74, 6) is 0.343. The molecule has 0 N–H and O–H groups in total. The van der Waals surface area contributed by atoms with Gasteiger partial charge in [0.05, 0.1) is 18.8 Å². The number of hydrogen-bond acceptors (Lipinski definition) is 4. The Morgan fingerprint density at radius 2 is 1.56 bits per heavy atom. The van der Waals surface area contributed by atoms with E-state index in [1.165, 1.54) is 28.6 Å². The highest BCUT2D eigenvalue weighted by Gasteiger charge is 2.37. The van der Waals surface area contributed by atoms with E-state index in [2.05, 4.69) is 88.4 Å². The zero-order valence-corrected chi connectivity index (χ0v) is 22.0. The topological polar surface area (TPSA) is 27.7 Å². The molecule has 0 spiro atoms. The van der Waals surface area contributed by atoms with Crippen LogP contribution >= 0.6 is 11.8 Å². The Bertz CT molecular complexity index is 761. The summed E-state index contributed by atoms with van der Waals surface area (Å²) >= 11 is 1.81. The first-order valence-electron chi connectivity index (χ1n) is 12.3. The molecule has 1 saturated heterocycles. The van der Waals surface area contributed by atoms with Crippen molar-refractivity contribution in [2.45, 2.75) is 87.8 Å². The minimum absolute atomic E-state index is 0.102. The van der Waals surface area contributed by atoms with Crippen LogP contribution in [0, 0.1) is 5.92 Å². The molecule has 1 heterocycles. The molecule has 0 aromatic heterocycles. The van der Waals surface area contributed by atoms with E-state index >= 15 is 0 Å². The van der Waals surface area contributed by atoms with Crippen LogP contribution in [0.2, 0.25) is 18.1 Å². The van der Waals surface area contributed by atoms with E-state index in [-0.39, 0.29) is 17.6 Å². The number of benzene rings is 2. The first kappa shape index (κ1) is 25.5. The van der Waals surface area contributed by atoms with Crippen molar-refractivity contribution in [1.29, 1.82) is 0 Å². The normalized spacial score (nSPS) is 23.9. The summed E-state index contributed by atoms with van der Waals surface area (Å²) < 4.78 is 19.6. The molecular weight excluding hydrogens is 432 g/mol. The van der Waals surface area contributed by atoms with Crippen molar-refractivity contribution in [3.8, 4) is 0 Å². The smallest absolute Gasteiger partial charge is 0.191 e. The molecule has 1 fully saturated rings. The fourth-order valence-electron chi connectivity index (χ4n) is 4.52. The van der Waals surface area contributed by atoms with E-state index in [1.807, 2.05) is 11.8 Å². The van der Waals surface area contributed by atoms with Crippen LogP contribution in [0.1, 0.15) is 46.1 Å². The maximum atomic E-state index is 6.62. The van der Waals surface area contributed by atoms with Crippen molar-refractivity contribution in [1.82, 2.24) is 0 Å². The van der Waals surface area contributed by atoms with Gasteiger partial charge in [0.15, 0.2) is 8.32 Å². The fourth-order valence-corrected chi connectivity index (χ4v) is 8.29. The summed E-state index contributed by atoms with van der Waals surface area (Å²) in [6, 6.07) is 24.6. The Kier molecular flexibility index (Phi) is 10.3. The molecule has 1 aliphatic rings. The Morgan fingerprint density at radius 3 is 2.19 bits per heavy atom. The number of hydrogen-bond donors (Lipinski definition) is 0. The molecule has 3 nitrogen and oxygen atoms in total. The molecule has 3 rings (SSSR count). The second-order valence-electron chi connectivity index (χ2n) is 8.85. The summed E-state index contributed by atoms with van der Waals surface area (Å²) in [5.41, 5.74) is 1.33. The largest absolute Gasteiger partial charge is 0.417 e. The van der Waals surface area contributed by atoms with Gasteiger partial charge in [-0.3, -0.25) is 0 Å². The predicted molar refractivity (Wildman–Crippen MR) is 138 cm³/mol. The van der Waals surface area contributed by atoms with Gasteiger partial charge in [0.25, 0.3) is 0 Å². The van der Waals surface area contributed by atoms with Crippen molar-refractivity contribution in [3.63, 3.8) is 0 Å². The Hall–Kier alpha value is -1.11. The Balaban J connectivity index is 1.64. The van der Waals surface area contributed by atoms with Crippen LogP contribution in [-0.2, 0) is 20.5 Å². The molecule has 0 bridgehead atoms. The van der Waals surface area contributed by atoms with Crippen LogP contribution in [-0.4, -0.2) is 32.6 Å². The highest BCUT2D eigenvalue weighted by molar-refractivity contribution is 7.99. The lowest BCUT2D eigenvalue weighted by atomic mass is 9.91. The number of ether oxygens (including phenoxy) is 2. The first-order chi connectivity index (χ1) is 15.6. The second-order valence-corrected chi connectivity index (χ2v) is 14.9. The monoisotopic (exact) mass is 472 g/mol. The summed E-state index contributed by atoms with van der Waals surface area (Å²) in [6.45, 7) is 10.6. The van der Waals surface area contributed by atoms with Gasteiger partial charge in [0.1, 0.15) is 5.44 Å². The van der Waals surface area contributed by atoms with Crippen LogP contribution < -0.4 is 0 Å². The maximum absolute atomic E-state index is 6.62. The molecule has 5 heteroatoms. The molecule has 2 aromatic rings. The minimum atomic E-state index is -1.57. The second kappa shape index (κ2) is 12.9. The highest BCUT2D eigenvalue weighted by Crippen LogP contribution is 2.38. The van der Waals surface area contributed by atoms with Gasteiger partial charge in [-0.1, -0.05) is 88.0 Å². The van der Waals surface area contributed by atoms with E-state index < -0.39 is 8.32 Å². The zero-order chi connectivity index (χ0) is 22.8. The van der Waals surface area contributed by atoms with Crippen LogP contribution in [0.3, 0.4) is 0 Å². The molecule has 176 valence electrons. The van der Waals surface area contributed by atoms with E-state index in [0.29, 0.717) is 12.5 Å². The van der Waals surface area contributed by atoms with Crippen molar-refractivity contribution in [3.05, 3.63) is 66.2 Å². The van der Waals surface area contributed by atoms with Gasteiger partial charge in [-0.05, 0) is 42.2 Å². The van der Waals surface area contributed by atoms with Gasteiger partial charge in [0.2, 0.25) is 0 Å². The quantitative estimate of drug-likeness (QED) is 0.298. The van der Waals surface area contributed by atoms with Gasteiger partial charge >= 0.3 is 0 Å². The average Bonchev–Trinajstić information content (AvgIpc) is 2.84. The maximum Gasteiger partial charge on any atom is 0.191 e. The third kappa shape index (κ3) is 7.19. The molecule has 0 amide bonds.